The first-order valence-corrected chi connectivity index (χ1v) is 8.34. The Morgan fingerprint density at radius 2 is 1.67 bits per heavy atom. The van der Waals surface area contributed by atoms with Gasteiger partial charge in [-0.3, -0.25) is 4.79 Å². The van der Waals surface area contributed by atoms with Crippen LogP contribution < -0.4 is 5.32 Å². The molecule has 0 heterocycles. The smallest absolute Gasteiger partial charge is 0.349 e. The summed E-state index contributed by atoms with van der Waals surface area (Å²) in [6, 6.07) is 0. The number of hydrogen-bond donors (Lipinski definition) is 1. The van der Waals surface area contributed by atoms with E-state index in [4.69, 9.17) is 11.6 Å². The molecule has 0 atom stereocenters. The lowest BCUT2D eigenvalue weighted by Gasteiger charge is -2.38. The van der Waals surface area contributed by atoms with Crippen LogP contribution in [0.2, 0.25) is 0 Å². The minimum absolute atomic E-state index is 0.0649. The van der Waals surface area contributed by atoms with E-state index in [-0.39, 0.29) is 30.2 Å². The number of alkyl halides is 4. The van der Waals surface area contributed by atoms with E-state index in [0.717, 1.165) is 32.1 Å². The molecule has 1 N–H and O–H groups in total. The second-order valence-corrected chi connectivity index (χ2v) is 6.82. The molecule has 0 bridgehead atoms. The van der Waals surface area contributed by atoms with Crippen molar-refractivity contribution in [2.24, 2.45) is 11.8 Å². The van der Waals surface area contributed by atoms with Gasteiger partial charge in [-0.2, -0.15) is 13.2 Å². The van der Waals surface area contributed by atoms with E-state index in [1.165, 1.54) is 0 Å². The zero-order chi connectivity index (χ0) is 15.5. The van der Waals surface area contributed by atoms with Crippen molar-refractivity contribution in [1.82, 2.24) is 5.32 Å². The lowest BCUT2D eigenvalue weighted by Crippen LogP contribution is -2.53. The Balaban J connectivity index is 1.87. The van der Waals surface area contributed by atoms with Crippen LogP contribution in [0.5, 0.6) is 0 Å². The Morgan fingerprint density at radius 1 is 1.10 bits per heavy atom. The summed E-state index contributed by atoms with van der Waals surface area (Å²) in [6.45, 7) is 0. The quantitative estimate of drug-likeness (QED) is 0.765. The minimum atomic E-state index is -4.12. The lowest BCUT2D eigenvalue weighted by atomic mass is 9.79. The summed E-state index contributed by atoms with van der Waals surface area (Å²) in [5.74, 6) is -1.24. The maximum absolute atomic E-state index is 12.6. The van der Waals surface area contributed by atoms with Crippen molar-refractivity contribution >= 4 is 17.5 Å². The van der Waals surface area contributed by atoms with Crippen LogP contribution in [-0.4, -0.2) is 23.5 Å². The third-order valence-electron chi connectivity index (χ3n) is 5.02. The highest BCUT2D eigenvalue weighted by atomic mass is 35.5. The first-order valence-electron chi connectivity index (χ1n) is 7.81. The highest BCUT2D eigenvalue weighted by Gasteiger charge is 2.43. The molecule has 0 radical (unpaired) electrons. The van der Waals surface area contributed by atoms with Crippen LogP contribution in [0.4, 0.5) is 13.2 Å². The molecule has 2 nitrogen and oxygen atoms in total. The Hall–Kier alpha value is -0.450. The second kappa shape index (κ2) is 6.76. The monoisotopic (exact) mass is 325 g/mol. The van der Waals surface area contributed by atoms with Crippen LogP contribution in [0, 0.1) is 11.8 Å². The molecule has 0 saturated heterocycles. The van der Waals surface area contributed by atoms with Crippen molar-refractivity contribution in [1.29, 1.82) is 0 Å². The summed E-state index contributed by atoms with van der Waals surface area (Å²) in [5.41, 5.74) is -0.336. The summed E-state index contributed by atoms with van der Waals surface area (Å²) in [4.78, 5) is 12.3. The number of carbonyl (C=O) groups excluding carboxylic acids is 1. The largest absolute Gasteiger partial charge is 0.391 e. The number of carbonyl (C=O) groups is 1. The highest BCUT2D eigenvalue weighted by Crippen LogP contribution is 2.40. The predicted molar refractivity (Wildman–Crippen MR) is 76.2 cm³/mol. The molecular formula is C15H23ClF3NO. The molecule has 2 aliphatic rings. The average molecular weight is 326 g/mol. The van der Waals surface area contributed by atoms with Gasteiger partial charge in [-0.1, -0.05) is 19.3 Å². The van der Waals surface area contributed by atoms with Gasteiger partial charge in [-0.15, -0.1) is 11.6 Å². The van der Waals surface area contributed by atoms with Crippen molar-refractivity contribution in [2.45, 2.75) is 69.5 Å². The predicted octanol–water partition coefficient (Wildman–Crippen LogP) is 4.41. The van der Waals surface area contributed by atoms with E-state index in [0.29, 0.717) is 18.7 Å². The van der Waals surface area contributed by atoms with Gasteiger partial charge in [0, 0.05) is 11.8 Å². The fraction of sp³-hybridized carbons (Fsp3) is 0.933. The first-order chi connectivity index (χ1) is 9.86. The van der Waals surface area contributed by atoms with Crippen LogP contribution in [0.3, 0.4) is 0 Å². The van der Waals surface area contributed by atoms with Crippen molar-refractivity contribution in [3.05, 3.63) is 0 Å². The molecule has 2 fully saturated rings. The molecule has 1 amide bonds. The maximum atomic E-state index is 12.6. The topological polar surface area (TPSA) is 29.1 Å². The molecule has 0 spiro atoms. The van der Waals surface area contributed by atoms with E-state index in [1.54, 1.807) is 0 Å². The Labute approximate surface area is 128 Å². The number of rotatable bonds is 3. The minimum Gasteiger partial charge on any atom is -0.349 e. The summed E-state index contributed by atoms with van der Waals surface area (Å²) >= 11 is 6.04. The molecule has 2 saturated carbocycles. The Morgan fingerprint density at radius 3 is 2.14 bits per heavy atom. The zero-order valence-corrected chi connectivity index (χ0v) is 12.9. The summed E-state index contributed by atoms with van der Waals surface area (Å²) < 4.78 is 37.9. The van der Waals surface area contributed by atoms with Crippen molar-refractivity contribution < 1.29 is 18.0 Å². The molecule has 6 heteroatoms. The van der Waals surface area contributed by atoms with Crippen LogP contribution in [0.15, 0.2) is 0 Å². The molecule has 0 aromatic carbocycles. The molecule has 0 unspecified atom stereocenters. The molecule has 122 valence electrons. The molecule has 0 aromatic rings. The SMILES string of the molecule is O=C(NC1(CCl)CCCCC1)C1CCC(C(F)(F)F)CC1. The van der Waals surface area contributed by atoms with Gasteiger partial charge in [0.05, 0.1) is 11.5 Å². The van der Waals surface area contributed by atoms with E-state index in [1.807, 2.05) is 0 Å². The van der Waals surface area contributed by atoms with Gasteiger partial charge in [-0.05, 0) is 38.5 Å². The van der Waals surface area contributed by atoms with Crippen molar-refractivity contribution in [3.8, 4) is 0 Å². The number of nitrogens with one attached hydrogen (secondary N) is 1. The zero-order valence-electron chi connectivity index (χ0n) is 12.1. The normalized spacial score (nSPS) is 29.9. The molecule has 2 aliphatic carbocycles. The summed E-state index contributed by atoms with van der Waals surface area (Å²) in [6.07, 6.45) is 1.67. The maximum Gasteiger partial charge on any atom is 0.391 e. The molecule has 2 rings (SSSR count). The van der Waals surface area contributed by atoms with E-state index >= 15 is 0 Å². The molecule has 0 aromatic heterocycles. The van der Waals surface area contributed by atoms with E-state index in [9.17, 15) is 18.0 Å². The molecule has 21 heavy (non-hydrogen) atoms. The standard InChI is InChI=1S/C15H23ClF3NO/c16-10-14(8-2-1-3-9-14)20-13(21)11-4-6-12(7-5-11)15(17,18)19/h11-12H,1-10H2,(H,20,21). The Kier molecular flexibility index (Phi) is 5.44. The van der Waals surface area contributed by atoms with Gasteiger partial charge in [0.2, 0.25) is 5.91 Å². The van der Waals surface area contributed by atoms with Crippen LogP contribution in [-0.2, 0) is 4.79 Å². The second-order valence-electron chi connectivity index (χ2n) is 6.55. The first kappa shape index (κ1) is 16.9. The van der Waals surface area contributed by atoms with E-state index < -0.39 is 12.1 Å². The fourth-order valence-corrected chi connectivity index (χ4v) is 3.90. The molecule has 0 aliphatic heterocycles. The molecular weight excluding hydrogens is 303 g/mol. The number of halogens is 4. The van der Waals surface area contributed by atoms with Crippen LogP contribution in [0.1, 0.15) is 57.8 Å². The van der Waals surface area contributed by atoms with Gasteiger partial charge >= 0.3 is 6.18 Å². The fourth-order valence-electron chi connectivity index (χ4n) is 3.57. The van der Waals surface area contributed by atoms with Gasteiger partial charge in [0.25, 0.3) is 0 Å². The van der Waals surface area contributed by atoms with Gasteiger partial charge in [-0.25, -0.2) is 0 Å². The third kappa shape index (κ3) is 4.27. The van der Waals surface area contributed by atoms with Crippen LogP contribution >= 0.6 is 11.6 Å². The van der Waals surface area contributed by atoms with Crippen molar-refractivity contribution in [3.63, 3.8) is 0 Å². The summed E-state index contributed by atoms with van der Waals surface area (Å²) in [5, 5.41) is 3.05. The Bertz CT molecular complexity index is 358. The number of amides is 1. The lowest BCUT2D eigenvalue weighted by molar-refractivity contribution is -0.184. The van der Waals surface area contributed by atoms with Gasteiger partial charge in [0.15, 0.2) is 0 Å². The van der Waals surface area contributed by atoms with E-state index in [2.05, 4.69) is 5.32 Å². The third-order valence-corrected chi connectivity index (χ3v) is 5.53. The average Bonchev–Trinajstić information content (AvgIpc) is 2.47. The van der Waals surface area contributed by atoms with Crippen molar-refractivity contribution in [2.75, 3.05) is 5.88 Å². The highest BCUT2D eigenvalue weighted by molar-refractivity contribution is 6.18. The summed E-state index contributed by atoms with van der Waals surface area (Å²) in [7, 11) is 0. The van der Waals surface area contributed by atoms with Gasteiger partial charge in [0.1, 0.15) is 0 Å². The van der Waals surface area contributed by atoms with Gasteiger partial charge < -0.3 is 5.32 Å². The number of hydrogen-bond acceptors (Lipinski definition) is 1. The van der Waals surface area contributed by atoms with Crippen LogP contribution in [0.25, 0.3) is 0 Å².